The Bertz CT molecular complexity index is 339. The van der Waals surface area contributed by atoms with Crippen LogP contribution in [0.25, 0.3) is 0 Å². The van der Waals surface area contributed by atoms with Gasteiger partial charge in [-0.3, -0.25) is 9.58 Å². The lowest BCUT2D eigenvalue weighted by atomic mass is 10.0. The van der Waals surface area contributed by atoms with E-state index in [4.69, 9.17) is 5.73 Å². The van der Waals surface area contributed by atoms with E-state index >= 15 is 0 Å². The van der Waals surface area contributed by atoms with Crippen LogP contribution in [0.1, 0.15) is 50.6 Å². The number of hydrogen-bond donors (Lipinski definition) is 1. The number of likely N-dealkylation sites (tertiary alicyclic amines) is 1. The maximum absolute atomic E-state index is 6.00. The molecule has 0 spiro atoms. The van der Waals surface area contributed by atoms with Crippen molar-refractivity contribution in [2.24, 2.45) is 5.73 Å². The van der Waals surface area contributed by atoms with Gasteiger partial charge in [-0.1, -0.05) is 19.3 Å². The van der Waals surface area contributed by atoms with Gasteiger partial charge in [-0.25, -0.2) is 0 Å². The quantitative estimate of drug-likeness (QED) is 0.891. The first kappa shape index (κ1) is 13.6. The van der Waals surface area contributed by atoms with Gasteiger partial charge in [0, 0.05) is 24.8 Å². The van der Waals surface area contributed by atoms with E-state index in [0.29, 0.717) is 12.6 Å². The van der Waals surface area contributed by atoms with Crippen molar-refractivity contribution in [3.05, 3.63) is 18.0 Å². The summed E-state index contributed by atoms with van der Waals surface area (Å²) in [5.41, 5.74) is 7.28. The van der Waals surface area contributed by atoms with E-state index in [1.54, 1.807) is 0 Å². The highest BCUT2D eigenvalue weighted by atomic mass is 15.3. The number of hydrogen-bond acceptors (Lipinski definition) is 3. The molecule has 1 aliphatic heterocycles. The van der Waals surface area contributed by atoms with Gasteiger partial charge >= 0.3 is 0 Å². The molecule has 0 saturated carbocycles. The van der Waals surface area contributed by atoms with Gasteiger partial charge in [0.2, 0.25) is 0 Å². The zero-order valence-corrected chi connectivity index (χ0v) is 11.5. The summed E-state index contributed by atoms with van der Waals surface area (Å²) in [5.74, 6) is 0. The number of aromatic nitrogens is 2. The van der Waals surface area contributed by atoms with E-state index in [1.807, 2.05) is 10.9 Å². The fraction of sp³-hybridized carbons (Fsp3) is 0.786. The molecule has 0 aliphatic carbocycles. The lowest BCUT2D eigenvalue weighted by molar-refractivity contribution is 0.183. The van der Waals surface area contributed by atoms with Crippen LogP contribution in [0.15, 0.2) is 12.4 Å². The van der Waals surface area contributed by atoms with Crippen LogP contribution in [0.4, 0.5) is 0 Å². The molecule has 2 rings (SSSR count). The highest BCUT2D eigenvalue weighted by Crippen LogP contribution is 2.22. The fourth-order valence-electron chi connectivity index (χ4n) is 2.80. The molecule has 1 unspecified atom stereocenters. The van der Waals surface area contributed by atoms with Crippen molar-refractivity contribution in [2.75, 3.05) is 19.6 Å². The standard InChI is InChI=1S/C14H26N4/c1-2-18-12-13(11-16-18)14(10-15)17-8-6-4-3-5-7-9-17/h11-12,14H,2-10,15H2,1H3. The largest absolute Gasteiger partial charge is 0.329 e. The molecule has 18 heavy (non-hydrogen) atoms. The summed E-state index contributed by atoms with van der Waals surface area (Å²) in [6.45, 7) is 6.09. The van der Waals surface area contributed by atoms with Crippen LogP contribution >= 0.6 is 0 Å². The molecule has 0 bridgehead atoms. The molecule has 1 aromatic rings. The predicted octanol–water partition coefficient (Wildman–Crippen LogP) is 2.17. The number of nitrogens with two attached hydrogens (primary N) is 1. The Hall–Kier alpha value is -0.870. The fourth-order valence-corrected chi connectivity index (χ4v) is 2.80. The molecule has 1 saturated heterocycles. The van der Waals surface area contributed by atoms with Gasteiger partial charge in [-0.2, -0.15) is 5.10 Å². The monoisotopic (exact) mass is 250 g/mol. The molecular weight excluding hydrogens is 224 g/mol. The number of aryl methyl sites for hydroxylation is 1. The molecule has 0 aromatic carbocycles. The zero-order chi connectivity index (χ0) is 12.8. The lowest BCUT2D eigenvalue weighted by Crippen LogP contribution is -2.35. The van der Waals surface area contributed by atoms with Crippen LogP contribution in [-0.2, 0) is 6.54 Å². The highest BCUT2D eigenvalue weighted by molar-refractivity contribution is 5.11. The molecule has 2 heterocycles. The van der Waals surface area contributed by atoms with Crippen LogP contribution < -0.4 is 5.73 Å². The Balaban J connectivity index is 2.05. The van der Waals surface area contributed by atoms with E-state index in [2.05, 4.69) is 23.1 Å². The Kier molecular flexibility index (Phi) is 5.20. The van der Waals surface area contributed by atoms with Crippen molar-refractivity contribution in [1.29, 1.82) is 0 Å². The van der Waals surface area contributed by atoms with Crippen LogP contribution in [0.2, 0.25) is 0 Å². The number of rotatable bonds is 4. The summed E-state index contributed by atoms with van der Waals surface area (Å²) in [6.07, 6.45) is 10.9. The van der Waals surface area contributed by atoms with Crippen LogP contribution in [-0.4, -0.2) is 34.3 Å². The summed E-state index contributed by atoms with van der Waals surface area (Å²) in [6, 6.07) is 0.350. The minimum atomic E-state index is 0.350. The maximum Gasteiger partial charge on any atom is 0.0538 e. The average molecular weight is 250 g/mol. The average Bonchev–Trinajstić information content (AvgIpc) is 2.81. The Morgan fingerprint density at radius 2 is 1.89 bits per heavy atom. The van der Waals surface area contributed by atoms with Crippen molar-refractivity contribution in [1.82, 2.24) is 14.7 Å². The van der Waals surface area contributed by atoms with Crippen molar-refractivity contribution < 1.29 is 0 Å². The van der Waals surface area contributed by atoms with E-state index in [-0.39, 0.29) is 0 Å². The van der Waals surface area contributed by atoms with Gasteiger partial charge in [-0.15, -0.1) is 0 Å². The van der Waals surface area contributed by atoms with Gasteiger partial charge in [0.05, 0.1) is 12.2 Å². The van der Waals surface area contributed by atoms with Gasteiger partial charge in [0.25, 0.3) is 0 Å². The topological polar surface area (TPSA) is 47.1 Å². The number of nitrogens with zero attached hydrogens (tertiary/aromatic N) is 3. The van der Waals surface area contributed by atoms with Crippen molar-refractivity contribution in [3.8, 4) is 0 Å². The lowest BCUT2D eigenvalue weighted by Gasteiger charge is -2.31. The summed E-state index contributed by atoms with van der Waals surface area (Å²) >= 11 is 0. The molecule has 1 aliphatic rings. The molecule has 0 radical (unpaired) electrons. The molecule has 2 N–H and O–H groups in total. The summed E-state index contributed by atoms with van der Waals surface area (Å²) in [5, 5.41) is 4.37. The molecule has 4 heteroatoms. The first-order chi connectivity index (χ1) is 8.85. The molecular formula is C14H26N4. The second-order valence-electron chi connectivity index (χ2n) is 5.18. The zero-order valence-electron chi connectivity index (χ0n) is 11.5. The normalized spacial score (nSPS) is 20.3. The first-order valence-corrected chi connectivity index (χ1v) is 7.31. The SMILES string of the molecule is CCn1cc(C(CN)N2CCCCCCC2)cn1. The molecule has 1 aromatic heterocycles. The van der Waals surface area contributed by atoms with Crippen LogP contribution in [0, 0.1) is 0 Å². The predicted molar refractivity (Wildman–Crippen MR) is 74.4 cm³/mol. The minimum absolute atomic E-state index is 0.350. The van der Waals surface area contributed by atoms with Crippen LogP contribution in [0.3, 0.4) is 0 Å². The third kappa shape index (κ3) is 3.33. The maximum atomic E-state index is 6.00. The minimum Gasteiger partial charge on any atom is -0.329 e. The third-order valence-corrected chi connectivity index (χ3v) is 3.92. The van der Waals surface area contributed by atoms with Gasteiger partial charge in [-0.05, 0) is 32.9 Å². The van der Waals surface area contributed by atoms with Gasteiger partial charge < -0.3 is 5.73 Å². The van der Waals surface area contributed by atoms with Crippen LogP contribution in [0.5, 0.6) is 0 Å². The van der Waals surface area contributed by atoms with Crippen molar-refractivity contribution in [3.63, 3.8) is 0 Å². The molecule has 1 atom stereocenters. The second kappa shape index (κ2) is 6.90. The summed E-state index contributed by atoms with van der Waals surface area (Å²) < 4.78 is 1.99. The van der Waals surface area contributed by atoms with E-state index < -0.39 is 0 Å². The summed E-state index contributed by atoms with van der Waals surface area (Å²) in [4.78, 5) is 2.55. The molecule has 0 amide bonds. The summed E-state index contributed by atoms with van der Waals surface area (Å²) in [7, 11) is 0. The second-order valence-corrected chi connectivity index (χ2v) is 5.18. The molecule has 102 valence electrons. The van der Waals surface area contributed by atoms with Gasteiger partial charge in [0.1, 0.15) is 0 Å². The highest BCUT2D eigenvalue weighted by Gasteiger charge is 2.20. The molecule has 4 nitrogen and oxygen atoms in total. The van der Waals surface area contributed by atoms with E-state index in [9.17, 15) is 0 Å². The van der Waals surface area contributed by atoms with Crippen molar-refractivity contribution >= 4 is 0 Å². The van der Waals surface area contributed by atoms with Gasteiger partial charge in [0.15, 0.2) is 0 Å². The Labute approximate surface area is 110 Å². The Morgan fingerprint density at radius 3 is 2.44 bits per heavy atom. The Morgan fingerprint density at radius 1 is 1.22 bits per heavy atom. The smallest absolute Gasteiger partial charge is 0.0538 e. The van der Waals surface area contributed by atoms with E-state index in [0.717, 1.165) is 6.54 Å². The molecule has 1 fully saturated rings. The van der Waals surface area contributed by atoms with Crippen molar-refractivity contribution in [2.45, 2.75) is 51.6 Å². The van der Waals surface area contributed by atoms with E-state index in [1.165, 1.54) is 50.8 Å². The third-order valence-electron chi connectivity index (χ3n) is 3.92. The first-order valence-electron chi connectivity index (χ1n) is 7.31.